The molecule has 150 valence electrons. The Balaban J connectivity index is 1.62. The third-order valence-corrected chi connectivity index (χ3v) is 6.62. The zero-order valence-corrected chi connectivity index (χ0v) is 17.1. The minimum absolute atomic E-state index is 0.274. The van der Waals surface area contributed by atoms with Crippen molar-refractivity contribution in [3.63, 3.8) is 0 Å². The second kappa shape index (κ2) is 8.12. The highest BCUT2D eigenvalue weighted by Gasteiger charge is 2.25. The molecule has 0 aliphatic heterocycles. The minimum Gasteiger partial charge on any atom is -0.382 e. The summed E-state index contributed by atoms with van der Waals surface area (Å²) < 4.78 is 33.8. The Kier molecular flexibility index (Phi) is 6.02. The number of aryl methyl sites for hydroxylation is 1. The van der Waals surface area contributed by atoms with E-state index in [0.29, 0.717) is 31.5 Å². The molecule has 2 aromatic heterocycles. The van der Waals surface area contributed by atoms with Crippen molar-refractivity contribution in [3.05, 3.63) is 17.6 Å². The van der Waals surface area contributed by atoms with Gasteiger partial charge in [0.05, 0.1) is 24.0 Å². The predicted molar refractivity (Wildman–Crippen MR) is 106 cm³/mol. The average Bonchev–Trinajstić information content (AvgIpc) is 3.33. The molecule has 0 aromatic carbocycles. The molecule has 3 N–H and O–H groups in total. The number of hydrogen-bond acceptors (Lipinski definition) is 6. The molecule has 0 radical (unpaired) electrons. The fourth-order valence-corrected chi connectivity index (χ4v) is 3.69. The molecule has 1 aliphatic rings. The van der Waals surface area contributed by atoms with Gasteiger partial charge in [0.1, 0.15) is 11.3 Å². The van der Waals surface area contributed by atoms with Crippen LogP contribution < -0.4 is 10.5 Å². The summed E-state index contributed by atoms with van der Waals surface area (Å²) in [4.78, 5) is 9.04. The predicted octanol–water partition coefficient (Wildman–Crippen LogP) is 1.62. The molecule has 0 unspecified atom stereocenters. The molecule has 0 bridgehead atoms. The van der Waals surface area contributed by atoms with Crippen molar-refractivity contribution in [2.45, 2.75) is 51.8 Å². The van der Waals surface area contributed by atoms with Crippen LogP contribution in [0.25, 0.3) is 11.0 Å². The SMILES string of the molecule is Cc1cc2c(nc(CC3CC3)n2CCOCCNS(=O)(=O)C(C)C)c(N)n1. The second-order valence-corrected chi connectivity index (χ2v) is 9.77. The third kappa shape index (κ3) is 4.97. The van der Waals surface area contributed by atoms with Crippen molar-refractivity contribution in [2.24, 2.45) is 5.92 Å². The van der Waals surface area contributed by atoms with E-state index in [1.165, 1.54) is 12.8 Å². The lowest BCUT2D eigenvalue weighted by Crippen LogP contribution is -2.33. The standard InChI is InChI=1S/C18H29N5O3S/c1-12(2)27(24,25)20-6-8-26-9-7-23-15-10-13(3)21-18(19)17(15)22-16(23)11-14-4-5-14/h10,12,14,20H,4-9,11H2,1-3H3,(H2,19,21). The van der Waals surface area contributed by atoms with Gasteiger partial charge in [-0.1, -0.05) is 0 Å². The largest absolute Gasteiger partial charge is 0.382 e. The summed E-state index contributed by atoms with van der Waals surface area (Å²) in [6.45, 7) is 6.96. The lowest BCUT2D eigenvalue weighted by molar-refractivity contribution is 0.131. The molecule has 0 amide bonds. The monoisotopic (exact) mass is 395 g/mol. The van der Waals surface area contributed by atoms with Gasteiger partial charge in [0, 0.05) is 25.2 Å². The number of rotatable bonds is 10. The fraction of sp³-hybridized carbons (Fsp3) is 0.667. The van der Waals surface area contributed by atoms with Crippen LogP contribution in [-0.4, -0.2) is 48.0 Å². The van der Waals surface area contributed by atoms with E-state index in [2.05, 4.69) is 14.3 Å². The lowest BCUT2D eigenvalue weighted by atomic mass is 10.3. The number of anilines is 1. The Bertz CT molecular complexity index is 903. The number of hydrogen-bond donors (Lipinski definition) is 2. The highest BCUT2D eigenvalue weighted by Crippen LogP contribution is 2.33. The molecule has 9 heteroatoms. The van der Waals surface area contributed by atoms with Crippen LogP contribution >= 0.6 is 0 Å². The van der Waals surface area contributed by atoms with E-state index < -0.39 is 15.3 Å². The number of nitrogens with one attached hydrogen (secondary N) is 1. The summed E-state index contributed by atoms with van der Waals surface area (Å²) >= 11 is 0. The smallest absolute Gasteiger partial charge is 0.214 e. The van der Waals surface area contributed by atoms with Gasteiger partial charge in [0.15, 0.2) is 5.82 Å². The Morgan fingerprint density at radius 3 is 2.74 bits per heavy atom. The molecule has 27 heavy (non-hydrogen) atoms. The summed E-state index contributed by atoms with van der Waals surface area (Å²) in [5.41, 5.74) is 8.66. The Hall–Kier alpha value is -1.71. The summed E-state index contributed by atoms with van der Waals surface area (Å²) in [6.07, 6.45) is 3.45. The van der Waals surface area contributed by atoms with Crippen LogP contribution in [0.4, 0.5) is 5.82 Å². The van der Waals surface area contributed by atoms with Gasteiger partial charge in [-0.3, -0.25) is 0 Å². The van der Waals surface area contributed by atoms with Gasteiger partial charge < -0.3 is 15.0 Å². The maximum Gasteiger partial charge on any atom is 0.214 e. The molecule has 0 spiro atoms. The van der Waals surface area contributed by atoms with E-state index in [-0.39, 0.29) is 6.54 Å². The van der Waals surface area contributed by atoms with Crippen molar-refractivity contribution in [2.75, 3.05) is 25.5 Å². The van der Waals surface area contributed by atoms with Crippen molar-refractivity contribution >= 4 is 26.9 Å². The van der Waals surface area contributed by atoms with E-state index in [1.54, 1.807) is 13.8 Å². The number of ether oxygens (including phenoxy) is 1. The molecule has 8 nitrogen and oxygen atoms in total. The van der Waals surface area contributed by atoms with Gasteiger partial charge >= 0.3 is 0 Å². The highest BCUT2D eigenvalue weighted by molar-refractivity contribution is 7.90. The molecule has 0 atom stereocenters. The molecule has 3 rings (SSSR count). The number of nitrogen functional groups attached to an aromatic ring is 1. The first kappa shape index (κ1) is 20.0. The minimum atomic E-state index is -3.25. The summed E-state index contributed by atoms with van der Waals surface area (Å²) in [6, 6.07) is 2.01. The van der Waals surface area contributed by atoms with E-state index in [4.69, 9.17) is 15.5 Å². The first-order valence-electron chi connectivity index (χ1n) is 9.46. The molecule has 0 saturated heterocycles. The zero-order chi connectivity index (χ0) is 19.6. The average molecular weight is 396 g/mol. The maximum absolute atomic E-state index is 11.7. The lowest BCUT2D eigenvalue weighted by Gasteiger charge is -2.12. The van der Waals surface area contributed by atoms with E-state index in [1.807, 2.05) is 13.0 Å². The molecular weight excluding hydrogens is 366 g/mol. The van der Waals surface area contributed by atoms with Gasteiger partial charge in [-0.15, -0.1) is 0 Å². The van der Waals surface area contributed by atoms with Gasteiger partial charge in [-0.2, -0.15) is 0 Å². The van der Waals surface area contributed by atoms with Crippen LogP contribution in [0.2, 0.25) is 0 Å². The number of nitrogens with two attached hydrogens (primary N) is 1. The van der Waals surface area contributed by atoms with Crippen LogP contribution in [0.1, 0.15) is 38.2 Å². The summed E-state index contributed by atoms with van der Waals surface area (Å²) in [7, 11) is -3.25. The number of nitrogens with zero attached hydrogens (tertiary/aromatic N) is 3. The quantitative estimate of drug-likeness (QED) is 0.591. The molecular formula is C18H29N5O3S. The Morgan fingerprint density at radius 2 is 2.07 bits per heavy atom. The van der Waals surface area contributed by atoms with Crippen molar-refractivity contribution < 1.29 is 13.2 Å². The Labute approximate surface area is 160 Å². The fourth-order valence-electron chi connectivity index (χ4n) is 2.99. The number of imidazole rings is 1. The molecule has 2 aromatic rings. The second-order valence-electron chi connectivity index (χ2n) is 7.44. The van der Waals surface area contributed by atoms with Crippen molar-refractivity contribution in [3.8, 4) is 0 Å². The normalized spacial score (nSPS) is 15.1. The topological polar surface area (TPSA) is 112 Å². The van der Waals surface area contributed by atoms with E-state index in [0.717, 1.165) is 29.0 Å². The van der Waals surface area contributed by atoms with Crippen LogP contribution in [0.3, 0.4) is 0 Å². The zero-order valence-electron chi connectivity index (χ0n) is 16.2. The molecule has 2 heterocycles. The molecule has 1 aliphatic carbocycles. The summed E-state index contributed by atoms with van der Waals surface area (Å²) in [5, 5.41) is -0.442. The Morgan fingerprint density at radius 1 is 1.33 bits per heavy atom. The van der Waals surface area contributed by atoms with E-state index >= 15 is 0 Å². The van der Waals surface area contributed by atoms with Crippen LogP contribution in [0, 0.1) is 12.8 Å². The molecule has 1 fully saturated rings. The third-order valence-electron chi connectivity index (χ3n) is 4.77. The van der Waals surface area contributed by atoms with Gasteiger partial charge in [0.25, 0.3) is 0 Å². The number of fused-ring (bicyclic) bond motifs is 1. The van der Waals surface area contributed by atoms with Gasteiger partial charge in [-0.25, -0.2) is 23.1 Å². The van der Waals surface area contributed by atoms with Gasteiger partial charge in [-0.05, 0) is 45.6 Å². The van der Waals surface area contributed by atoms with Gasteiger partial charge in [0.2, 0.25) is 10.0 Å². The maximum atomic E-state index is 11.7. The molecule has 1 saturated carbocycles. The highest BCUT2D eigenvalue weighted by atomic mass is 32.2. The van der Waals surface area contributed by atoms with Crippen molar-refractivity contribution in [1.29, 1.82) is 0 Å². The summed E-state index contributed by atoms with van der Waals surface area (Å²) in [5.74, 6) is 2.20. The van der Waals surface area contributed by atoms with Crippen LogP contribution in [0.15, 0.2) is 6.07 Å². The van der Waals surface area contributed by atoms with Crippen LogP contribution in [0.5, 0.6) is 0 Å². The van der Waals surface area contributed by atoms with Crippen molar-refractivity contribution in [1.82, 2.24) is 19.3 Å². The van der Waals surface area contributed by atoms with Crippen LogP contribution in [-0.2, 0) is 27.7 Å². The first-order chi connectivity index (χ1) is 12.8. The first-order valence-corrected chi connectivity index (χ1v) is 11.0. The number of aromatic nitrogens is 3. The van der Waals surface area contributed by atoms with E-state index in [9.17, 15) is 8.42 Å². The number of pyridine rings is 1. The number of sulfonamides is 1.